The highest BCUT2D eigenvalue weighted by atomic mass is 35.5. The second-order valence-corrected chi connectivity index (χ2v) is 8.89. The van der Waals surface area contributed by atoms with Crippen molar-refractivity contribution in [3.05, 3.63) is 52.6 Å². The van der Waals surface area contributed by atoms with E-state index < -0.39 is 23.6 Å². The molecular weight excluding hydrogens is 521 g/mol. The van der Waals surface area contributed by atoms with Crippen LogP contribution in [0.25, 0.3) is 5.57 Å². The Balaban J connectivity index is 0.00000361. The van der Waals surface area contributed by atoms with Gasteiger partial charge in [-0.25, -0.2) is 9.97 Å². The molecule has 194 valence electrons. The van der Waals surface area contributed by atoms with Crippen molar-refractivity contribution in [3.8, 4) is 0 Å². The van der Waals surface area contributed by atoms with Crippen LogP contribution in [0.1, 0.15) is 28.3 Å². The van der Waals surface area contributed by atoms with Crippen molar-refractivity contribution in [2.75, 3.05) is 44.7 Å². The summed E-state index contributed by atoms with van der Waals surface area (Å²) in [6.07, 6.45) is -2.98. The highest BCUT2D eigenvalue weighted by molar-refractivity contribution is 8.04. The van der Waals surface area contributed by atoms with Gasteiger partial charge >= 0.3 is 6.18 Å². The smallest absolute Gasteiger partial charge is 0.379 e. The molecule has 0 radical (unpaired) electrons. The number of morpholine rings is 1. The van der Waals surface area contributed by atoms with E-state index in [0.29, 0.717) is 28.8 Å². The van der Waals surface area contributed by atoms with Gasteiger partial charge in [0.05, 0.1) is 23.9 Å². The Morgan fingerprint density at radius 3 is 2.67 bits per heavy atom. The molecule has 0 spiro atoms. The largest absolute Gasteiger partial charge is 0.433 e. The molecule has 1 aromatic heterocycles. The summed E-state index contributed by atoms with van der Waals surface area (Å²) in [5.74, 6) is -1.66. The molecule has 2 amide bonds. The van der Waals surface area contributed by atoms with Crippen molar-refractivity contribution < 1.29 is 27.5 Å². The van der Waals surface area contributed by atoms with Crippen LogP contribution in [0.5, 0.6) is 0 Å². The van der Waals surface area contributed by atoms with Crippen LogP contribution >= 0.6 is 24.2 Å². The summed E-state index contributed by atoms with van der Waals surface area (Å²) in [5.41, 5.74) is 5.00. The molecule has 2 aromatic rings. The van der Waals surface area contributed by atoms with Gasteiger partial charge in [0.15, 0.2) is 5.82 Å². The predicted molar refractivity (Wildman–Crippen MR) is 131 cm³/mol. The van der Waals surface area contributed by atoms with Gasteiger partial charge in [-0.15, -0.1) is 12.4 Å². The van der Waals surface area contributed by atoms with E-state index in [-0.39, 0.29) is 28.9 Å². The lowest BCUT2D eigenvalue weighted by Crippen LogP contribution is -2.38. The van der Waals surface area contributed by atoms with Crippen molar-refractivity contribution in [1.82, 2.24) is 20.2 Å². The Morgan fingerprint density at radius 1 is 1.22 bits per heavy atom. The molecule has 1 fully saturated rings. The van der Waals surface area contributed by atoms with Crippen LogP contribution in [0.3, 0.4) is 0 Å². The van der Waals surface area contributed by atoms with Gasteiger partial charge in [-0.2, -0.15) is 13.2 Å². The normalized spacial score (nSPS) is 17.0. The number of ether oxygens (including phenoxy) is 1. The molecule has 1 saturated heterocycles. The van der Waals surface area contributed by atoms with E-state index >= 15 is 0 Å². The number of hydrogen-bond acceptors (Lipinski definition) is 8. The van der Waals surface area contributed by atoms with Crippen molar-refractivity contribution in [2.24, 2.45) is 5.73 Å². The van der Waals surface area contributed by atoms with Gasteiger partial charge in [-0.3, -0.25) is 14.5 Å². The molecule has 4 rings (SSSR count). The SMILES string of the molecule is Cl.NC(=O)C(=C1Nc2ccc(C(=O)NCCCN3CCOCC3)cc2S1)c1nccc(C(F)(F)F)n1. The molecule has 4 N–H and O–H groups in total. The standard InChI is InChI=1S/C22H23F3N6O3S.ClH/c23-22(24,25)16-4-6-27-19(30-16)17(18(26)32)21-29-14-3-2-13(12-15(14)35-21)20(33)28-5-1-7-31-8-10-34-11-9-31;/h2-4,6,12,29H,1,5,7-11H2,(H2,26,32)(H,28,33);1H. The summed E-state index contributed by atoms with van der Waals surface area (Å²) in [6.45, 7) is 4.61. The molecule has 0 saturated carbocycles. The first-order chi connectivity index (χ1) is 16.7. The predicted octanol–water partition coefficient (Wildman–Crippen LogP) is 2.74. The topological polar surface area (TPSA) is 122 Å². The first-order valence-electron chi connectivity index (χ1n) is 10.8. The maximum atomic E-state index is 13.1. The maximum absolute atomic E-state index is 13.1. The summed E-state index contributed by atoms with van der Waals surface area (Å²) < 4.78 is 44.5. The van der Waals surface area contributed by atoms with Gasteiger partial charge in [0.25, 0.3) is 11.8 Å². The number of hydrogen-bond donors (Lipinski definition) is 3. The minimum atomic E-state index is -4.70. The van der Waals surface area contributed by atoms with Crippen molar-refractivity contribution in [3.63, 3.8) is 0 Å². The van der Waals surface area contributed by atoms with Gasteiger partial charge in [-0.05, 0) is 37.2 Å². The van der Waals surface area contributed by atoms with Gasteiger partial charge in [0, 0.05) is 36.3 Å². The highest BCUT2D eigenvalue weighted by Gasteiger charge is 2.34. The van der Waals surface area contributed by atoms with E-state index in [2.05, 4.69) is 25.5 Å². The number of primary amides is 1. The number of nitrogens with zero attached hydrogens (tertiary/aromatic N) is 3. The van der Waals surface area contributed by atoms with Crippen LogP contribution in [-0.2, 0) is 15.7 Å². The molecule has 2 aliphatic rings. The van der Waals surface area contributed by atoms with Crippen LogP contribution in [-0.4, -0.2) is 66.1 Å². The molecular formula is C22H24ClF3N6O3S. The van der Waals surface area contributed by atoms with Crippen molar-refractivity contribution >= 4 is 47.2 Å². The zero-order valence-corrected chi connectivity index (χ0v) is 20.6. The molecule has 0 aliphatic carbocycles. The summed E-state index contributed by atoms with van der Waals surface area (Å²) in [6, 6.07) is 5.63. The number of fused-ring (bicyclic) bond motifs is 1. The van der Waals surface area contributed by atoms with E-state index in [1.165, 1.54) is 0 Å². The van der Waals surface area contributed by atoms with Crippen molar-refractivity contribution in [1.29, 1.82) is 0 Å². The Kier molecular flexibility index (Phi) is 9.17. The van der Waals surface area contributed by atoms with E-state index in [9.17, 15) is 22.8 Å². The lowest BCUT2D eigenvalue weighted by molar-refractivity contribution is -0.141. The van der Waals surface area contributed by atoms with Crippen molar-refractivity contribution in [2.45, 2.75) is 17.5 Å². The van der Waals surface area contributed by atoms with E-state index in [4.69, 9.17) is 10.5 Å². The van der Waals surface area contributed by atoms with Gasteiger partial charge in [0.1, 0.15) is 11.3 Å². The number of halogens is 4. The molecule has 0 unspecified atom stereocenters. The fourth-order valence-corrected chi connectivity index (χ4v) is 4.70. The number of anilines is 1. The molecule has 1 aromatic carbocycles. The van der Waals surface area contributed by atoms with Crippen LogP contribution in [0.2, 0.25) is 0 Å². The number of nitrogens with two attached hydrogens (primary N) is 1. The number of amides is 2. The number of alkyl halides is 3. The van der Waals surface area contributed by atoms with Gasteiger partial charge in [0.2, 0.25) is 0 Å². The lowest BCUT2D eigenvalue weighted by Gasteiger charge is -2.26. The summed E-state index contributed by atoms with van der Waals surface area (Å²) >= 11 is 1.07. The minimum absolute atomic E-state index is 0. The number of nitrogens with one attached hydrogen (secondary N) is 2. The first-order valence-corrected chi connectivity index (χ1v) is 11.7. The third-order valence-electron chi connectivity index (χ3n) is 5.39. The quantitative estimate of drug-likeness (QED) is 0.359. The van der Waals surface area contributed by atoms with E-state index in [1.54, 1.807) is 18.2 Å². The average molecular weight is 545 g/mol. The van der Waals surface area contributed by atoms with E-state index in [1.807, 2.05) is 0 Å². The third kappa shape index (κ3) is 6.66. The Bertz CT molecular complexity index is 1160. The summed E-state index contributed by atoms with van der Waals surface area (Å²) in [5, 5.41) is 6.04. The molecule has 3 heterocycles. The Morgan fingerprint density at radius 2 is 1.97 bits per heavy atom. The maximum Gasteiger partial charge on any atom is 0.433 e. The minimum Gasteiger partial charge on any atom is -0.379 e. The number of thioether (sulfide) groups is 1. The van der Waals surface area contributed by atoms with Gasteiger partial charge < -0.3 is 21.1 Å². The van der Waals surface area contributed by atoms with Crippen LogP contribution in [0, 0.1) is 0 Å². The Hall–Kier alpha value is -2.87. The number of benzene rings is 1. The fraction of sp³-hybridized carbons (Fsp3) is 0.364. The molecule has 14 heteroatoms. The number of carbonyl (C=O) groups excluding carboxylic acids is 2. The first kappa shape index (κ1) is 27.7. The molecule has 9 nitrogen and oxygen atoms in total. The third-order valence-corrected chi connectivity index (χ3v) is 6.46. The summed E-state index contributed by atoms with van der Waals surface area (Å²) in [4.78, 5) is 34.9. The van der Waals surface area contributed by atoms with E-state index in [0.717, 1.165) is 57.2 Å². The van der Waals surface area contributed by atoms with Crippen LogP contribution in [0.4, 0.5) is 18.9 Å². The van der Waals surface area contributed by atoms with Crippen LogP contribution < -0.4 is 16.4 Å². The second kappa shape index (κ2) is 11.9. The lowest BCUT2D eigenvalue weighted by atomic mass is 10.2. The average Bonchev–Trinajstić information content (AvgIpc) is 3.24. The molecule has 36 heavy (non-hydrogen) atoms. The Labute approximate surface area is 215 Å². The zero-order chi connectivity index (χ0) is 25.0. The number of carbonyl (C=O) groups is 2. The van der Waals surface area contributed by atoms with Gasteiger partial charge in [-0.1, -0.05) is 11.8 Å². The molecule has 0 bridgehead atoms. The monoisotopic (exact) mass is 544 g/mol. The molecule has 0 atom stereocenters. The molecule has 2 aliphatic heterocycles. The van der Waals surface area contributed by atoms with Crippen LogP contribution in [0.15, 0.2) is 40.4 Å². The fourth-order valence-electron chi connectivity index (χ4n) is 3.61. The highest BCUT2D eigenvalue weighted by Crippen LogP contribution is 2.44. The second-order valence-electron chi connectivity index (χ2n) is 7.83. The zero-order valence-electron chi connectivity index (χ0n) is 18.9. The number of aromatic nitrogens is 2. The number of rotatable bonds is 7. The summed E-state index contributed by atoms with van der Waals surface area (Å²) in [7, 11) is 0.